The lowest BCUT2D eigenvalue weighted by Gasteiger charge is -2.06. The summed E-state index contributed by atoms with van der Waals surface area (Å²) in [6.07, 6.45) is 1.64. The van der Waals surface area contributed by atoms with E-state index < -0.39 is 0 Å². The summed E-state index contributed by atoms with van der Waals surface area (Å²) >= 11 is 3.40. The van der Waals surface area contributed by atoms with Gasteiger partial charge in [0.25, 0.3) is 0 Å². The number of ether oxygens (including phenoxy) is 3. The number of methoxy groups -OCH3 is 1. The first kappa shape index (κ1) is 17.2. The van der Waals surface area contributed by atoms with Gasteiger partial charge in [0, 0.05) is 16.1 Å². The molecule has 0 aliphatic carbocycles. The Bertz CT molecular complexity index is 885. The van der Waals surface area contributed by atoms with Gasteiger partial charge in [-0.1, -0.05) is 15.9 Å². The molecule has 1 aliphatic heterocycles. The van der Waals surface area contributed by atoms with Gasteiger partial charge in [-0.3, -0.25) is 9.59 Å². The Hall–Kier alpha value is -2.60. The van der Waals surface area contributed by atoms with E-state index in [1.807, 2.05) is 12.1 Å². The van der Waals surface area contributed by atoms with Crippen LogP contribution in [0.5, 0.6) is 17.2 Å². The van der Waals surface area contributed by atoms with Crippen LogP contribution < -0.4 is 14.2 Å². The van der Waals surface area contributed by atoms with Crippen LogP contribution in [0.4, 0.5) is 0 Å². The molecule has 0 saturated heterocycles. The van der Waals surface area contributed by atoms with Gasteiger partial charge in [0.1, 0.15) is 23.9 Å². The zero-order valence-electron chi connectivity index (χ0n) is 13.7. The lowest BCUT2D eigenvalue weighted by molar-refractivity contribution is -0.118. The third-order valence-corrected chi connectivity index (χ3v) is 4.06. The maximum Gasteiger partial charge on any atom is 0.231 e. The van der Waals surface area contributed by atoms with E-state index in [0.29, 0.717) is 22.8 Å². The molecule has 0 N–H and O–H groups in total. The van der Waals surface area contributed by atoms with Crippen LogP contribution in [-0.2, 0) is 4.79 Å². The second-order valence-electron chi connectivity index (χ2n) is 5.47. The number of rotatable bonds is 5. The summed E-state index contributed by atoms with van der Waals surface area (Å²) in [7, 11) is 1.57. The number of halogens is 1. The zero-order valence-corrected chi connectivity index (χ0v) is 15.3. The van der Waals surface area contributed by atoms with Gasteiger partial charge in [0.15, 0.2) is 11.5 Å². The molecule has 0 aromatic heterocycles. The summed E-state index contributed by atoms with van der Waals surface area (Å²) in [6, 6.07) is 10.4. The van der Waals surface area contributed by atoms with E-state index in [0.717, 1.165) is 10.0 Å². The Morgan fingerprint density at radius 3 is 2.76 bits per heavy atom. The van der Waals surface area contributed by atoms with Crippen molar-refractivity contribution >= 4 is 33.6 Å². The van der Waals surface area contributed by atoms with Crippen molar-refractivity contribution in [3.8, 4) is 17.2 Å². The molecule has 0 spiro atoms. The molecule has 1 heterocycles. The van der Waals surface area contributed by atoms with E-state index in [-0.39, 0.29) is 23.9 Å². The lowest BCUT2D eigenvalue weighted by Crippen LogP contribution is -2.06. The van der Waals surface area contributed by atoms with Crippen molar-refractivity contribution < 1.29 is 23.8 Å². The first-order chi connectivity index (χ1) is 12.0. The van der Waals surface area contributed by atoms with Crippen LogP contribution in [-0.4, -0.2) is 25.3 Å². The average Bonchev–Trinajstić information content (AvgIpc) is 2.89. The van der Waals surface area contributed by atoms with Crippen LogP contribution in [0.3, 0.4) is 0 Å². The number of ketones is 2. The van der Waals surface area contributed by atoms with Crippen molar-refractivity contribution in [1.29, 1.82) is 0 Å². The number of carbonyl (C=O) groups is 2. The maximum absolute atomic E-state index is 12.5. The normalized spacial score (nSPS) is 14.2. The summed E-state index contributed by atoms with van der Waals surface area (Å²) < 4.78 is 17.2. The smallest absolute Gasteiger partial charge is 0.231 e. The highest BCUT2D eigenvalue weighted by molar-refractivity contribution is 9.10. The fourth-order valence-corrected chi connectivity index (χ4v) is 2.78. The van der Waals surface area contributed by atoms with Crippen LogP contribution in [0.15, 0.2) is 46.6 Å². The van der Waals surface area contributed by atoms with E-state index in [9.17, 15) is 9.59 Å². The second-order valence-corrected chi connectivity index (χ2v) is 6.39. The Labute approximate surface area is 153 Å². The van der Waals surface area contributed by atoms with Gasteiger partial charge >= 0.3 is 0 Å². The molecule has 0 unspecified atom stereocenters. The Morgan fingerprint density at radius 1 is 1.24 bits per heavy atom. The van der Waals surface area contributed by atoms with Crippen LogP contribution >= 0.6 is 15.9 Å². The highest BCUT2D eigenvalue weighted by Crippen LogP contribution is 2.36. The largest absolute Gasteiger partial charge is 0.496 e. The topological polar surface area (TPSA) is 61.8 Å². The monoisotopic (exact) mass is 402 g/mol. The highest BCUT2D eigenvalue weighted by Gasteiger charge is 2.28. The van der Waals surface area contributed by atoms with Crippen LogP contribution in [0.25, 0.3) is 6.08 Å². The van der Waals surface area contributed by atoms with E-state index in [4.69, 9.17) is 14.2 Å². The van der Waals surface area contributed by atoms with Gasteiger partial charge in [-0.15, -0.1) is 0 Å². The van der Waals surface area contributed by atoms with Gasteiger partial charge in [0.2, 0.25) is 5.78 Å². The first-order valence-electron chi connectivity index (χ1n) is 7.52. The van der Waals surface area contributed by atoms with Crippen LogP contribution in [0, 0.1) is 0 Å². The van der Waals surface area contributed by atoms with Crippen LogP contribution in [0.1, 0.15) is 22.8 Å². The second kappa shape index (κ2) is 7.11. The van der Waals surface area contributed by atoms with Gasteiger partial charge in [-0.25, -0.2) is 0 Å². The summed E-state index contributed by atoms with van der Waals surface area (Å²) in [5, 5.41) is 0. The fourth-order valence-electron chi connectivity index (χ4n) is 2.40. The molecule has 5 nitrogen and oxygen atoms in total. The van der Waals surface area contributed by atoms with Gasteiger partial charge in [-0.05, 0) is 43.3 Å². The van der Waals surface area contributed by atoms with E-state index in [1.165, 1.54) is 6.92 Å². The highest BCUT2D eigenvalue weighted by atomic mass is 79.9. The van der Waals surface area contributed by atoms with Crippen LogP contribution in [0.2, 0.25) is 0 Å². The quantitative estimate of drug-likeness (QED) is 0.706. The first-order valence-corrected chi connectivity index (χ1v) is 8.31. The number of allylic oxidation sites excluding steroid dienone is 1. The third kappa shape index (κ3) is 3.74. The number of hydrogen-bond acceptors (Lipinski definition) is 5. The molecule has 0 bridgehead atoms. The molecule has 25 heavy (non-hydrogen) atoms. The standard InChI is InChI=1S/C19H15BrO5/c1-11(21)10-24-14-4-5-15-17(9-14)25-18(19(15)22)8-12-7-13(20)3-6-16(12)23-2/h3-9H,10H2,1-2H3/b18-8-. The zero-order chi connectivity index (χ0) is 18.0. The third-order valence-electron chi connectivity index (χ3n) is 3.56. The number of hydrogen-bond donors (Lipinski definition) is 0. The molecular weight excluding hydrogens is 388 g/mol. The predicted octanol–water partition coefficient (Wildman–Crippen LogP) is 4.04. The minimum atomic E-state index is -0.213. The van der Waals surface area contributed by atoms with Crippen molar-refractivity contribution in [3.05, 3.63) is 57.8 Å². The molecule has 2 aromatic carbocycles. The van der Waals surface area contributed by atoms with E-state index >= 15 is 0 Å². The molecule has 0 radical (unpaired) electrons. The van der Waals surface area contributed by atoms with E-state index in [1.54, 1.807) is 37.5 Å². The molecule has 3 rings (SSSR count). The number of fused-ring (bicyclic) bond motifs is 1. The molecule has 128 valence electrons. The van der Waals surface area contributed by atoms with Crippen molar-refractivity contribution in [2.75, 3.05) is 13.7 Å². The summed E-state index contributed by atoms with van der Waals surface area (Å²) in [4.78, 5) is 23.5. The fraction of sp³-hybridized carbons (Fsp3) is 0.158. The number of benzene rings is 2. The Morgan fingerprint density at radius 2 is 2.04 bits per heavy atom. The number of Topliss-reactive ketones (excluding diaryl/α,β-unsaturated/α-hetero) is 2. The van der Waals surface area contributed by atoms with Gasteiger partial charge < -0.3 is 14.2 Å². The molecule has 0 saturated carbocycles. The minimum Gasteiger partial charge on any atom is -0.496 e. The number of carbonyl (C=O) groups excluding carboxylic acids is 2. The van der Waals surface area contributed by atoms with Gasteiger partial charge in [-0.2, -0.15) is 0 Å². The summed E-state index contributed by atoms with van der Waals surface area (Å²) in [5.41, 5.74) is 1.18. The lowest BCUT2D eigenvalue weighted by atomic mass is 10.1. The summed E-state index contributed by atoms with van der Waals surface area (Å²) in [5.74, 6) is 1.42. The molecule has 6 heteroatoms. The average molecular weight is 403 g/mol. The molecule has 0 atom stereocenters. The SMILES string of the molecule is COc1ccc(Br)cc1/C=C1\Oc2cc(OCC(C)=O)ccc2C1=O. The molecule has 0 amide bonds. The maximum atomic E-state index is 12.5. The Kier molecular flexibility index (Phi) is 4.90. The van der Waals surface area contributed by atoms with Crippen molar-refractivity contribution in [1.82, 2.24) is 0 Å². The molecule has 0 fully saturated rings. The van der Waals surface area contributed by atoms with Crippen molar-refractivity contribution in [2.24, 2.45) is 0 Å². The molecule has 2 aromatic rings. The van der Waals surface area contributed by atoms with Gasteiger partial charge in [0.05, 0.1) is 12.7 Å². The predicted molar refractivity (Wildman–Crippen MR) is 96.2 cm³/mol. The minimum absolute atomic E-state index is 0.0231. The van der Waals surface area contributed by atoms with Crippen molar-refractivity contribution in [2.45, 2.75) is 6.92 Å². The van der Waals surface area contributed by atoms with Crippen molar-refractivity contribution in [3.63, 3.8) is 0 Å². The molecular formula is C19H15BrO5. The van der Waals surface area contributed by atoms with E-state index in [2.05, 4.69) is 15.9 Å². The summed E-state index contributed by atoms with van der Waals surface area (Å²) in [6.45, 7) is 1.42. The Balaban J connectivity index is 1.90. The molecule has 1 aliphatic rings.